The normalized spacial score (nSPS) is 23.2. The molecule has 2 unspecified atom stereocenters. The van der Waals surface area contributed by atoms with Crippen LogP contribution in [0.2, 0.25) is 0 Å². The minimum atomic E-state index is -5.42. The Bertz CT molecular complexity index is 1310. The van der Waals surface area contributed by atoms with E-state index in [0.717, 1.165) is 4.90 Å². The van der Waals surface area contributed by atoms with Gasteiger partial charge >= 0.3 is 12.1 Å². The molecule has 2 aliphatic rings. The molecular weight excluding hydrogens is 531 g/mol. The largest absolute Gasteiger partial charge is 0.471 e. The number of carbonyl (C=O) groups is 4. The highest BCUT2D eigenvalue weighted by Gasteiger charge is 2.69. The molecular formula is C24H25F5N6O4. The molecule has 1 aliphatic heterocycles. The van der Waals surface area contributed by atoms with E-state index in [-0.39, 0.29) is 18.2 Å². The van der Waals surface area contributed by atoms with Crippen LogP contribution in [0.25, 0.3) is 10.8 Å². The highest BCUT2D eigenvalue weighted by molar-refractivity contribution is 5.97. The van der Waals surface area contributed by atoms with Gasteiger partial charge in [-0.3, -0.25) is 19.2 Å². The number of likely N-dealkylation sites (tertiary alicyclic amines) is 1. The minimum Gasteiger partial charge on any atom is -0.368 e. The zero-order valence-electron chi connectivity index (χ0n) is 20.7. The molecule has 1 saturated heterocycles. The van der Waals surface area contributed by atoms with Gasteiger partial charge in [0.1, 0.15) is 17.8 Å². The van der Waals surface area contributed by atoms with Crippen molar-refractivity contribution in [2.45, 2.75) is 51.0 Å². The minimum absolute atomic E-state index is 0.0319. The van der Waals surface area contributed by atoms with E-state index < -0.39 is 72.1 Å². The average Bonchev–Trinajstić information content (AvgIpc) is 3.17. The quantitative estimate of drug-likeness (QED) is 0.420. The molecule has 2 heterocycles. The predicted octanol–water partition coefficient (Wildman–Crippen LogP) is 1.46. The molecule has 0 bridgehead atoms. The van der Waals surface area contributed by atoms with Gasteiger partial charge in [-0.1, -0.05) is 38.1 Å². The molecule has 4 N–H and O–H groups in total. The number of hydrogen-bond donors (Lipinski definition) is 3. The van der Waals surface area contributed by atoms with E-state index in [4.69, 9.17) is 5.73 Å². The average molecular weight is 556 g/mol. The Morgan fingerprint density at radius 3 is 2.44 bits per heavy atom. The number of halogens is 5. The Labute approximate surface area is 218 Å². The van der Waals surface area contributed by atoms with Gasteiger partial charge in [0.15, 0.2) is 6.04 Å². The lowest BCUT2D eigenvalue weighted by Crippen LogP contribution is -2.58. The lowest BCUT2D eigenvalue weighted by Gasteiger charge is -2.33. The molecule has 2 aromatic rings. The van der Waals surface area contributed by atoms with Crippen LogP contribution < -0.4 is 16.4 Å². The van der Waals surface area contributed by atoms with E-state index in [1.54, 1.807) is 24.3 Å². The Morgan fingerprint density at radius 1 is 1.15 bits per heavy atom. The Balaban J connectivity index is 1.63. The maximum atomic E-state index is 13.6. The summed E-state index contributed by atoms with van der Waals surface area (Å²) in [7, 11) is 0. The van der Waals surface area contributed by atoms with E-state index in [2.05, 4.69) is 15.5 Å². The van der Waals surface area contributed by atoms with Gasteiger partial charge in [-0.05, 0) is 17.3 Å². The first-order valence-corrected chi connectivity index (χ1v) is 11.9. The number of fused-ring (bicyclic) bond motifs is 2. The molecule has 0 radical (unpaired) electrons. The van der Waals surface area contributed by atoms with Crippen molar-refractivity contribution in [2.75, 3.05) is 6.54 Å². The third-order valence-corrected chi connectivity index (χ3v) is 7.48. The molecule has 0 spiro atoms. The fraction of sp³-hybridized carbons (Fsp3) is 0.500. The maximum absolute atomic E-state index is 13.6. The second kappa shape index (κ2) is 10.0. The summed E-state index contributed by atoms with van der Waals surface area (Å²) >= 11 is 0. The maximum Gasteiger partial charge on any atom is 0.471 e. The first-order valence-electron chi connectivity index (χ1n) is 11.9. The summed E-state index contributed by atoms with van der Waals surface area (Å²) in [5.74, 6) is -6.46. The Hall–Kier alpha value is -3.91. The van der Waals surface area contributed by atoms with Crippen LogP contribution in [0.15, 0.2) is 30.5 Å². The molecule has 1 aliphatic carbocycles. The third-order valence-electron chi connectivity index (χ3n) is 7.48. The molecule has 5 atom stereocenters. The van der Waals surface area contributed by atoms with Crippen molar-refractivity contribution in [3.05, 3.63) is 36.2 Å². The highest BCUT2D eigenvalue weighted by atomic mass is 19.4. The van der Waals surface area contributed by atoms with Crippen molar-refractivity contribution in [2.24, 2.45) is 23.0 Å². The molecule has 15 heteroatoms. The number of alkyl halides is 5. The number of hydrogen-bond acceptors (Lipinski definition) is 6. The predicted molar refractivity (Wildman–Crippen MR) is 124 cm³/mol. The van der Waals surface area contributed by atoms with Crippen LogP contribution in [0, 0.1) is 17.3 Å². The number of piperidine rings is 1. The zero-order valence-corrected chi connectivity index (χ0v) is 20.7. The highest BCUT2D eigenvalue weighted by Crippen LogP contribution is 2.65. The summed E-state index contributed by atoms with van der Waals surface area (Å²) in [5, 5.41) is 12.6. The van der Waals surface area contributed by atoms with Gasteiger partial charge in [-0.25, -0.2) is 8.78 Å². The summed E-state index contributed by atoms with van der Waals surface area (Å²) in [4.78, 5) is 51.5. The summed E-state index contributed by atoms with van der Waals surface area (Å²) < 4.78 is 64.8. The van der Waals surface area contributed by atoms with E-state index in [0.29, 0.717) is 10.8 Å². The Morgan fingerprint density at radius 2 is 1.82 bits per heavy atom. The van der Waals surface area contributed by atoms with Crippen LogP contribution >= 0.6 is 0 Å². The molecule has 210 valence electrons. The molecule has 39 heavy (non-hydrogen) atoms. The van der Waals surface area contributed by atoms with Crippen LogP contribution in [-0.4, -0.2) is 70.0 Å². The van der Waals surface area contributed by atoms with E-state index in [9.17, 15) is 41.1 Å². The smallest absolute Gasteiger partial charge is 0.368 e. The summed E-state index contributed by atoms with van der Waals surface area (Å²) in [6.07, 6.45) is -8.59. The van der Waals surface area contributed by atoms with Gasteiger partial charge in [0.2, 0.25) is 24.1 Å². The van der Waals surface area contributed by atoms with E-state index in [1.165, 1.54) is 11.5 Å². The molecule has 1 saturated carbocycles. The lowest BCUT2D eigenvalue weighted by atomic mass is 9.98. The second-order valence-electron chi connectivity index (χ2n) is 10.2. The fourth-order valence-electron chi connectivity index (χ4n) is 5.42. The number of nitrogens with zero attached hydrogens (tertiary/aromatic N) is 3. The number of amides is 4. The molecule has 10 nitrogen and oxygen atoms in total. The van der Waals surface area contributed by atoms with Crippen molar-refractivity contribution in [1.29, 1.82) is 0 Å². The summed E-state index contributed by atoms with van der Waals surface area (Å²) in [6, 6.07) is 1.66. The van der Waals surface area contributed by atoms with Crippen LogP contribution in [0.5, 0.6) is 0 Å². The van der Waals surface area contributed by atoms with Crippen LogP contribution in [-0.2, 0) is 19.2 Å². The number of benzene rings is 1. The first-order chi connectivity index (χ1) is 18.1. The fourth-order valence-corrected chi connectivity index (χ4v) is 5.42. The lowest BCUT2D eigenvalue weighted by molar-refractivity contribution is -0.175. The number of nitrogens with one attached hydrogen (secondary N) is 2. The number of nitrogens with two attached hydrogens (primary N) is 1. The van der Waals surface area contributed by atoms with E-state index in [1.807, 2.05) is 13.8 Å². The van der Waals surface area contributed by atoms with Gasteiger partial charge in [0, 0.05) is 23.7 Å². The van der Waals surface area contributed by atoms with E-state index >= 15 is 0 Å². The van der Waals surface area contributed by atoms with Crippen molar-refractivity contribution in [3.63, 3.8) is 0 Å². The van der Waals surface area contributed by atoms with Gasteiger partial charge < -0.3 is 21.3 Å². The topological polar surface area (TPSA) is 147 Å². The van der Waals surface area contributed by atoms with Crippen LogP contribution in [0.4, 0.5) is 22.0 Å². The van der Waals surface area contributed by atoms with Crippen molar-refractivity contribution < 1.29 is 41.1 Å². The number of carbonyl (C=O) groups excluding carboxylic acids is 4. The van der Waals surface area contributed by atoms with Crippen molar-refractivity contribution >= 4 is 34.4 Å². The van der Waals surface area contributed by atoms with Crippen molar-refractivity contribution in [1.82, 2.24) is 25.7 Å². The molecule has 4 amide bonds. The van der Waals surface area contributed by atoms with Crippen LogP contribution in [0.3, 0.4) is 0 Å². The number of aromatic nitrogens is 2. The zero-order chi connectivity index (χ0) is 28.9. The van der Waals surface area contributed by atoms with Gasteiger partial charge in [-0.2, -0.15) is 23.4 Å². The van der Waals surface area contributed by atoms with Gasteiger partial charge in [-0.15, -0.1) is 0 Å². The standard InChI is InChI=1S/C24H25F5N6O4/c1-23(2)12-9-35(21(38)13(7-14(25)26)32-22(39)24(27,28)29)18(15(12)23)20(37)33-17(19(30)36)16-11-6-4-3-5-10(11)8-31-34-16/h3-6,8,12-15,17-18H,7,9H2,1-2H3,(H2,30,36)(H,32,39)(H,33,37)/t12-,13?,15-,17?,18-/m0/s1. The van der Waals surface area contributed by atoms with Crippen LogP contribution in [0.1, 0.15) is 32.0 Å². The SMILES string of the molecule is CC1(C)[C@@H]2[C@@H](C(=O)NC(C(N)=O)c3nncc4ccccc34)N(C(=O)C(CC(F)F)NC(=O)C(F)(F)F)C[C@@H]21. The first kappa shape index (κ1) is 28.1. The summed E-state index contributed by atoms with van der Waals surface area (Å²) in [5.41, 5.74) is 5.13. The number of primary amides is 1. The molecule has 1 aromatic carbocycles. The molecule has 2 fully saturated rings. The monoisotopic (exact) mass is 556 g/mol. The number of rotatable bonds is 8. The summed E-state index contributed by atoms with van der Waals surface area (Å²) in [6.45, 7) is 3.51. The second-order valence-corrected chi connectivity index (χ2v) is 10.2. The van der Waals surface area contributed by atoms with Gasteiger partial charge in [0.25, 0.3) is 0 Å². The third kappa shape index (κ3) is 5.34. The molecule has 1 aromatic heterocycles. The Kier molecular flexibility index (Phi) is 7.21. The van der Waals surface area contributed by atoms with Gasteiger partial charge in [0.05, 0.1) is 6.20 Å². The van der Waals surface area contributed by atoms with Crippen molar-refractivity contribution in [3.8, 4) is 0 Å². The molecule has 4 rings (SSSR count).